The first-order valence-corrected chi connectivity index (χ1v) is 7.20. The second-order valence-electron chi connectivity index (χ2n) is 5.08. The highest BCUT2D eigenvalue weighted by atomic mass is 35.5. The number of fused-ring (bicyclic) bond motifs is 1. The fourth-order valence-corrected chi connectivity index (χ4v) is 2.86. The molecular formula is C17H12ClN3O. The molecule has 2 aromatic carbocycles. The van der Waals surface area contributed by atoms with Crippen LogP contribution >= 0.6 is 11.6 Å². The van der Waals surface area contributed by atoms with Crippen LogP contribution in [0.3, 0.4) is 0 Å². The first kappa shape index (κ1) is 13.0. The van der Waals surface area contributed by atoms with E-state index in [0.717, 1.165) is 33.4 Å². The van der Waals surface area contributed by atoms with Gasteiger partial charge in [-0.1, -0.05) is 23.7 Å². The van der Waals surface area contributed by atoms with Crippen molar-refractivity contribution in [2.75, 3.05) is 0 Å². The van der Waals surface area contributed by atoms with Crippen molar-refractivity contribution >= 4 is 22.5 Å². The van der Waals surface area contributed by atoms with Gasteiger partial charge < -0.3 is 10.1 Å². The number of phenolic OH excluding ortho intramolecular Hbond substituents is 1. The highest BCUT2D eigenvalue weighted by Gasteiger charge is 2.16. The highest BCUT2D eigenvalue weighted by molar-refractivity contribution is 6.31. The highest BCUT2D eigenvalue weighted by Crippen LogP contribution is 2.38. The molecule has 0 atom stereocenters. The number of hydrogen-bond acceptors (Lipinski definition) is 2. The Kier molecular flexibility index (Phi) is 2.91. The Morgan fingerprint density at radius 2 is 1.82 bits per heavy atom. The molecule has 0 aliphatic rings. The summed E-state index contributed by atoms with van der Waals surface area (Å²) in [7, 11) is 0. The Morgan fingerprint density at radius 1 is 1.00 bits per heavy atom. The minimum Gasteiger partial charge on any atom is -0.508 e. The van der Waals surface area contributed by atoms with E-state index in [1.165, 1.54) is 0 Å². The van der Waals surface area contributed by atoms with Crippen LogP contribution in [0.1, 0.15) is 0 Å². The quantitative estimate of drug-likeness (QED) is 0.507. The molecule has 0 radical (unpaired) electrons. The Balaban J connectivity index is 2.06. The van der Waals surface area contributed by atoms with Gasteiger partial charge in [-0.2, -0.15) is 5.10 Å². The van der Waals surface area contributed by atoms with E-state index >= 15 is 0 Å². The molecule has 0 saturated heterocycles. The van der Waals surface area contributed by atoms with Crippen LogP contribution in [0.2, 0.25) is 5.02 Å². The number of H-pyrrole nitrogens is 2. The Labute approximate surface area is 131 Å². The van der Waals surface area contributed by atoms with Gasteiger partial charge in [-0.15, -0.1) is 0 Å². The number of nitrogens with zero attached hydrogens (tertiary/aromatic N) is 1. The lowest BCUT2D eigenvalue weighted by Crippen LogP contribution is -1.83. The molecule has 5 heteroatoms. The van der Waals surface area contributed by atoms with Gasteiger partial charge in [0.15, 0.2) is 0 Å². The van der Waals surface area contributed by atoms with Crippen LogP contribution in [0.4, 0.5) is 0 Å². The average molecular weight is 310 g/mol. The standard InChI is InChI=1S/C17H12ClN3O/c18-11-3-6-14-13(9-11)16(10-1-4-12(22)5-2-10)17(20-14)15-7-8-19-21-15/h1-9,20,22H,(H,19,21). The van der Waals surface area contributed by atoms with Gasteiger partial charge in [-0.3, -0.25) is 5.10 Å². The molecule has 0 unspecified atom stereocenters. The number of aromatic hydroxyl groups is 1. The van der Waals surface area contributed by atoms with Crippen molar-refractivity contribution in [1.82, 2.24) is 15.2 Å². The number of aromatic amines is 2. The molecule has 2 aromatic heterocycles. The third-order valence-corrected chi connectivity index (χ3v) is 3.92. The number of rotatable bonds is 2. The fourth-order valence-electron chi connectivity index (χ4n) is 2.69. The number of hydrogen-bond donors (Lipinski definition) is 3. The molecule has 4 nitrogen and oxygen atoms in total. The molecule has 3 N–H and O–H groups in total. The van der Waals surface area contributed by atoms with Crippen molar-refractivity contribution in [2.24, 2.45) is 0 Å². The zero-order chi connectivity index (χ0) is 15.1. The molecule has 2 heterocycles. The van der Waals surface area contributed by atoms with Crippen LogP contribution in [0.15, 0.2) is 54.7 Å². The number of aromatic nitrogens is 3. The lowest BCUT2D eigenvalue weighted by Gasteiger charge is -2.04. The van der Waals surface area contributed by atoms with Crippen LogP contribution in [0, 0.1) is 0 Å². The van der Waals surface area contributed by atoms with Gasteiger partial charge in [0, 0.05) is 27.7 Å². The summed E-state index contributed by atoms with van der Waals surface area (Å²) in [5.41, 5.74) is 4.87. The van der Waals surface area contributed by atoms with Crippen LogP contribution < -0.4 is 0 Å². The summed E-state index contributed by atoms with van der Waals surface area (Å²) in [5, 5.41) is 18.2. The predicted octanol–water partition coefficient (Wildman–Crippen LogP) is 4.58. The maximum absolute atomic E-state index is 9.52. The van der Waals surface area contributed by atoms with E-state index < -0.39 is 0 Å². The third-order valence-electron chi connectivity index (χ3n) is 3.69. The molecule has 22 heavy (non-hydrogen) atoms. The van der Waals surface area contributed by atoms with Gasteiger partial charge >= 0.3 is 0 Å². The second kappa shape index (κ2) is 4.93. The van der Waals surface area contributed by atoms with Gasteiger partial charge in [0.05, 0.1) is 11.4 Å². The van der Waals surface area contributed by atoms with Gasteiger partial charge in [-0.25, -0.2) is 0 Å². The fraction of sp³-hybridized carbons (Fsp3) is 0. The molecule has 0 spiro atoms. The minimum absolute atomic E-state index is 0.240. The van der Waals surface area contributed by atoms with Gasteiger partial charge in [0.25, 0.3) is 0 Å². The van der Waals surface area contributed by atoms with Crippen molar-refractivity contribution in [2.45, 2.75) is 0 Å². The van der Waals surface area contributed by atoms with Crippen LogP contribution in [-0.2, 0) is 0 Å². The molecule has 108 valence electrons. The Bertz CT molecular complexity index is 940. The normalized spacial score (nSPS) is 11.1. The van der Waals surface area contributed by atoms with E-state index in [4.69, 9.17) is 11.6 Å². The lowest BCUT2D eigenvalue weighted by molar-refractivity contribution is 0.475. The van der Waals surface area contributed by atoms with E-state index in [-0.39, 0.29) is 5.75 Å². The van der Waals surface area contributed by atoms with E-state index in [9.17, 15) is 5.11 Å². The summed E-state index contributed by atoms with van der Waals surface area (Å²) >= 11 is 6.16. The SMILES string of the molecule is Oc1ccc(-c2c(-c3ccn[nH]3)[nH]c3ccc(Cl)cc23)cc1. The summed E-state index contributed by atoms with van der Waals surface area (Å²) in [5.74, 6) is 0.240. The van der Waals surface area contributed by atoms with E-state index in [1.54, 1.807) is 18.3 Å². The number of benzene rings is 2. The molecule has 4 aromatic rings. The van der Waals surface area contributed by atoms with E-state index in [1.807, 2.05) is 36.4 Å². The summed E-state index contributed by atoms with van der Waals surface area (Å²) in [6.07, 6.45) is 1.72. The van der Waals surface area contributed by atoms with Gasteiger partial charge in [-0.05, 0) is 42.0 Å². The summed E-state index contributed by atoms with van der Waals surface area (Å²) in [6, 6.07) is 14.8. The van der Waals surface area contributed by atoms with Crippen molar-refractivity contribution in [1.29, 1.82) is 0 Å². The number of phenols is 1. The first-order chi connectivity index (χ1) is 10.7. The van der Waals surface area contributed by atoms with Gasteiger partial charge in [0.1, 0.15) is 5.75 Å². The molecule has 0 bridgehead atoms. The average Bonchev–Trinajstić information content (AvgIpc) is 3.15. The predicted molar refractivity (Wildman–Crippen MR) is 88.0 cm³/mol. The summed E-state index contributed by atoms with van der Waals surface area (Å²) in [4.78, 5) is 3.41. The molecule has 4 rings (SSSR count). The largest absolute Gasteiger partial charge is 0.508 e. The van der Waals surface area contributed by atoms with Gasteiger partial charge in [0.2, 0.25) is 0 Å². The van der Waals surface area contributed by atoms with E-state index in [0.29, 0.717) is 5.02 Å². The van der Waals surface area contributed by atoms with Crippen molar-refractivity contribution in [3.05, 3.63) is 59.8 Å². The van der Waals surface area contributed by atoms with Crippen molar-refractivity contribution in [3.63, 3.8) is 0 Å². The minimum atomic E-state index is 0.240. The third kappa shape index (κ3) is 2.05. The zero-order valence-electron chi connectivity index (χ0n) is 11.5. The van der Waals surface area contributed by atoms with Crippen molar-refractivity contribution in [3.8, 4) is 28.3 Å². The van der Waals surface area contributed by atoms with Crippen LogP contribution in [-0.4, -0.2) is 20.3 Å². The van der Waals surface area contributed by atoms with Crippen molar-refractivity contribution < 1.29 is 5.11 Å². The van der Waals surface area contributed by atoms with E-state index in [2.05, 4.69) is 15.2 Å². The molecular weight excluding hydrogens is 298 g/mol. The Morgan fingerprint density at radius 3 is 2.55 bits per heavy atom. The first-order valence-electron chi connectivity index (χ1n) is 6.83. The smallest absolute Gasteiger partial charge is 0.115 e. The number of halogens is 1. The number of nitrogens with one attached hydrogen (secondary N) is 2. The molecule has 0 aliphatic carbocycles. The van der Waals surface area contributed by atoms with Crippen LogP contribution in [0.25, 0.3) is 33.4 Å². The maximum Gasteiger partial charge on any atom is 0.115 e. The topological polar surface area (TPSA) is 64.7 Å². The second-order valence-corrected chi connectivity index (χ2v) is 5.52. The van der Waals surface area contributed by atoms with Crippen LogP contribution in [0.5, 0.6) is 5.75 Å². The Hall–Kier alpha value is -2.72. The zero-order valence-corrected chi connectivity index (χ0v) is 12.2. The summed E-state index contributed by atoms with van der Waals surface area (Å²) < 4.78 is 0. The monoisotopic (exact) mass is 309 g/mol. The molecule has 0 amide bonds. The molecule has 0 fully saturated rings. The maximum atomic E-state index is 9.52. The lowest BCUT2D eigenvalue weighted by atomic mass is 10.0. The molecule has 0 saturated carbocycles. The summed E-state index contributed by atoms with van der Waals surface area (Å²) in [6.45, 7) is 0. The molecule has 0 aliphatic heterocycles.